The molecule has 0 saturated carbocycles. The molecule has 7 nitrogen and oxygen atoms in total. The maximum Gasteiger partial charge on any atom is 0.264 e. The minimum absolute atomic E-state index is 0.0327. The van der Waals surface area contributed by atoms with Crippen molar-refractivity contribution in [3.63, 3.8) is 0 Å². The molecule has 1 N–H and O–H groups in total. The number of anilines is 1. The Labute approximate surface area is 246 Å². The molecule has 4 aromatic rings. The average molecular weight is 590 g/mol. The molecular weight excluding hydrogens is 558 g/mol. The van der Waals surface area contributed by atoms with Crippen molar-refractivity contribution in [3.8, 4) is 0 Å². The number of carbonyl (C=O) groups is 2. The zero-order chi connectivity index (χ0) is 29.4. The van der Waals surface area contributed by atoms with Crippen molar-refractivity contribution < 1.29 is 18.0 Å². The Morgan fingerprint density at radius 3 is 2.12 bits per heavy atom. The summed E-state index contributed by atoms with van der Waals surface area (Å²) >= 11 is 6.24. The van der Waals surface area contributed by atoms with E-state index in [1.807, 2.05) is 61.5 Å². The summed E-state index contributed by atoms with van der Waals surface area (Å²) in [6, 6.07) is 30.4. The van der Waals surface area contributed by atoms with Crippen LogP contribution in [0.2, 0.25) is 5.02 Å². The van der Waals surface area contributed by atoms with Crippen LogP contribution in [-0.2, 0) is 32.6 Å². The molecule has 0 saturated heterocycles. The van der Waals surface area contributed by atoms with E-state index in [4.69, 9.17) is 11.6 Å². The van der Waals surface area contributed by atoms with Crippen LogP contribution in [-0.4, -0.2) is 44.8 Å². The minimum Gasteiger partial charge on any atom is -0.357 e. The maximum absolute atomic E-state index is 14.3. The van der Waals surface area contributed by atoms with E-state index < -0.39 is 28.5 Å². The molecule has 0 aliphatic carbocycles. The molecule has 0 aliphatic rings. The van der Waals surface area contributed by atoms with E-state index in [0.717, 1.165) is 21.0 Å². The largest absolute Gasteiger partial charge is 0.357 e. The smallest absolute Gasteiger partial charge is 0.264 e. The van der Waals surface area contributed by atoms with Gasteiger partial charge in [-0.25, -0.2) is 8.42 Å². The monoisotopic (exact) mass is 589 g/mol. The second-order valence-corrected chi connectivity index (χ2v) is 11.9. The number of aryl methyl sites for hydroxylation is 1. The number of amides is 2. The van der Waals surface area contributed by atoms with Crippen LogP contribution in [0.15, 0.2) is 114 Å². The van der Waals surface area contributed by atoms with Gasteiger partial charge in [-0.1, -0.05) is 90.5 Å². The first-order valence-electron chi connectivity index (χ1n) is 13.1. The summed E-state index contributed by atoms with van der Waals surface area (Å²) in [7, 11) is -2.64. The lowest BCUT2D eigenvalue weighted by atomic mass is 10.0. The molecule has 1 atom stereocenters. The van der Waals surface area contributed by atoms with E-state index >= 15 is 0 Å². The van der Waals surface area contributed by atoms with E-state index in [2.05, 4.69) is 5.32 Å². The molecule has 0 radical (unpaired) electrons. The van der Waals surface area contributed by atoms with Crippen molar-refractivity contribution in [2.45, 2.75) is 30.8 Å². The van der Waals surface area contributed by atoms with Gasteiger partial charge in [-0.2, -0.15) is 0 Å². The van der Waals surface area contributed by atoms with E-state index in [1.54, 1.807) is 36.4 Å². The fourth-order valence-electron chi connectivity index (χ4n) is 4.57. The highest BCUT2D eigenvalue weighted by Gasteiger charge is 2.34. The van der Waals surface area contributed by atoms with Crippen LogP contribution in [0, 0.1) is 6.92 Å². The summed E-state index contributed by atoms with van der Waals surface area (Å²) in [4.78, 5) is 29.1. The first-order chi connectivity index (χ1) is 19.7. The van der Waals surface area contributed by atoms with Crippen molar-refractivity contribution in [1.82, 2.24) is 10.2 Å². The van der Waals surface area contributed by atoms with Gasteiger partial charge in [0.2, 0.25) is 11.8 Å². The van der Waals surface area contributed by atoms with E-state index in [0.29, 0.717) is 5.02 Å². The maximum atomic E-state index is 14.3. The molecular formula is C32H32ClN3O4S. The van der Waals surface area contributed by atoms with Crippen LogP contribution in [0.1, 0.15) is 16.7 Å². The lowest BCUT2D eigenvalue weighted by molar-refractivity contribution is -0.139. The van der Waals surface area contributed by atoms with E-state index in [-0.39, 0.29) is 29.5 Å². The van der Waals surface area contributed by atoms with Gasteiger partial charge < -0.3 is 10.2 Å². The Morgan fingerprint density at radius 2 is 1.49 bits per heavy atom. The zero-order valence-corrected chi connectivity index (χ0v) is 24.5. The van der Waals surface area contributed by atoms with Crippen LogP contribution < -0.4 is 9.62 Å². The number of hydrogen-bond acceptors (Lipinski definition) is 4. The average Bonchev–Trinajstić information content (AvgIpc) is 2.99. The fraction of sp³-hybridized carbons (Fsp3) is 0.188. The van der Waals surface area contributed by atoms with E-state index in [9.17, 15) is 18.0 Å². The molecule has 0 fully saturated rings. The molecule has 41 heavy (non-hydrogen) atoms. The quantitative estimate of drug-likeness (QED) is 0.260. The third-order valence-corrected chi connectivity index (χ3v) is 8.85. The molecule has 4 aromatic carbocycles. The number of benzene rings is 4. The van der Waals surface area contributed by atoms with Crippen LogP contribution in [0.4, 0.5) is 5.69 Å². The Balaban J connectivity index is 1.79. The third kappa shape index (κ3) is 7.34. The molecule has 0 spiro atoms. The first-order valence-corrected chi connectivity index (χ1v) is 15.0. The number of hydrogen-bond donors (Lipinski definition) is 1. The highest BCUT2D eigenvalue weighted by Crippen LogP contribution is 2.27. The van der Waals surface area contributed by atoms with Crippen molar-refractivity contribution in [1.29, 1.82) is 0 Å². The molecule has 212 valence electrons. The van der Waals surface area contributed by atoms with Crippen molar-refractivity contribution in [2.75, 3.05) is 17.9 Å². The third-order valence-electron chi connectivity index (χ3n) is 6.83. The van der Waals surface area contributed by atoms with Crippen LogP contribution >= 0.6 is 11.6 Å². The highest BCUT2D eigenvalue weighted by molar-refractivity contribution is 7.92. The molecule has 0 heterocycles. The number of nitrogens with zero attached hydrogens (tertiary/aromatic N) is 2. The Kier molecular flexibility index (Phi) is 9.81. The summed E-state index contributed by atoms with van der Waals surface area (Å²) < 4.78 is 28.8. The number of likely N-dealkylation sites (N-methyl/N-ethyl adjacent to an activating group) is 1. The summed E-state index contributed by atoms with van der Waals surface area (Å²) in [5, 5.41) is 3.01. The van der Waals surface area contributed by atoms with Gasteiger partial charge >= 0.3 is 0 Å². The molecule has 0 aliphatic heterocycles. The number of halogens is 1. The molecule has 0 unspecified atom stereocenters. The lowest BCUT2D eigenvalue weighted by Gasteiger charge is -2.34. The molecule has 0 bridgehead atoms. The van der Waals surface area contributed by atoms with Crippen molar-refractivity contribution in [2.24, 2.45) is 0 Å². The molecule has 4 rings (SSSR count). The van der Waals surface area contributed by atoms with Gasteiger partial charge in [-0.3, -0.25) is 13.9 Å². The topological polar surface area (TPSA) is 86.8 Å². The van der Waals surface area contributed by atoms with Crippen LogP contribution in [0.5, 0.6) is 0 Å². The lowest BCUT2D eigenvalue weighted by Crippen LogP contribution is -2.53. The number of nitrogens with one attached hydrogen (secondary N) is 1. The Bertz CT molecular complexity index is 1600. The molecule has 0 aromatic heterocycles. The van der Waals surface area contributed by atoms with Gasteiger partial charge in [0.25, 0.3) is 10.0 Å². The van der Waals surface area contributed by atoms with Gasteiger partial charge in [0.15, 0.2) is 0 Å². The van der Waals surface area contributed by atoms with Crippen LogP contribution in [0.3, 0.4) is 0 Å². The molecule has 2 amide bonds. The Morgan fingerprint density at radius 1 is 0.854 bits per heavy atom. The van der Waals surface area contributed by atoms with E-state index in [1.165, 1.54) is 30.1 Å². The summed E-state index contributed by atoms with van der Waals surface area (Å²) in [6.45, 7) is 1.51. The summed E-state index contributed by atoms with van der Waals surface area (Å²) in [5.41, 5.74) is 2.91. The second kappa shape index (κ2) is 13.5. The predicted molar refractivity (Wildman–Crippen MR) is 162 cm³/mol. The van der Waals surface area contributed by atoms with Crippen LogP contribution in [0.25, 0.3) is 0 Å². The van der Waals surface area contributed by atoms with Gasteiger partial charge in [0.1, 0.15) is 12.6 Å². The fourth-order valence-corrected chi connectivity index (χ4v) is 6.18. The van der Waals surface area contributed by atoms with Gasteiger partial charge in [-0.15, -0.1) is 0 Å². The normalized spacial score (nSPS) is 11.9. The SMILES string of the molecule is CNC(=O)[C@@H](Cc1ccccc1)N(Cc1ccccc1C)C(=O)CN(c1cccc(Cl)c1)S(=O)(=O)c1ccccc1. The zero-order valence-electron chi connectivity index (χ0n) is 22.9. The number of sulfonamides is 1. The van der Waals surface area contributed by atoms with Gasteiger partial charge in [-0.05, 0) is 53.9 Å². The standard InChI is InChI=1S/C32H32ClN3O4S/c1-24-12-9-10-15-26(24)22-35(30(32(38)34-2)20-25-13-5-3-6-14-25)31(37)23-36(28-17-11-16-27(33)21-28)41(39,40)29-18-7-4-8-19-29/h3-19,21,30H,20,22-23H2,1-2H3,(H,34,38)/t30-/m1/s1. The number of carbonyl (C=O) groups excluding carboxylic acids is 2. The number of rotatable bonds is 11. The highest BCUT2D eigenvalue weighted by atomic mass is 35.5. The van der Waals surface area contributed by atoms with Crippen molar-refractivity contribution in [3.05, 3.63) is 131 Å². The summed E-state index contributed by atoms with van der Waals surface area (Å²) in [6.07, 6.45) is 0.251. The predicted octanol–water partition coefficient (Wildman–Crippen LogP) is 5.23. The molecule has 9 heteroatoms. The Hall–Kier alpha value is -4.14. The second-order valence-electron chi connectivity index (χ2n) is 9.57. The first kappa shape index (κ1) is 29.8. The van der Waals surface area contributed by atoms with Gasteiger partial charge in [0.05, 0.1) is 10.6 Å². The van der Waals surface area contributed by atoms with Crippen molar-refractivity contribution >= 4 is 39.1 Å². The summed E-state index contributed by atoms with van der Waals surface area (Å²) in [5.74, 6) is -0.881. The minimum atomic E-state index is -4.16. The van der Waals surface area contributed by atoms with Gasteiger partial charge in [0, 0.05) is 25.0 Å².